The molecular formula is C14H21N3O3. The van der Waals surface area contributed by atoms with Crippen molar-refractivity contribution < 1.29 is 14.6 Å². The van der Waals surface area contributed by atoms with Gasteiger partial charge < -0.3 is 25.4 Å². The van der Waals surface area contributed by atoms with E-state index in [1.54, 1.807) is 17.0 Å². The number of amides is 1. The minimum absolute atomic E-state index is 0.106. The summed E-state index contributed by atoms with van der Waals surface area (Å²) in [4.78, 5) is 16.3. The van der Waals surface area contributed by atoms with E-state index in [0.717, 1.165) is 5.69 Å². The van der Waals surface area contributed by atoms with E-state index in [0.29, 0.717) is 31.0 Å². The molecule has 1 fully saturated rings. The third-order valence-corrected chi connectivity index (χ3v) is 3.43. The summed E-state index contributed by atoms with van der Waals surface area (Å²) in [7, 11) is 3.76. The van der Waals surface area contributed by atoms with Crippen LogP contribution in [-0.4, -0.2) is 62.4 Å². The number of hydrogen-bond donors (Lipinski definition) is 2. The highest BCUT2D eigenvalue weighted by molar-refractivity contribution is 6.01. The summed E-state index contributed by atoms with van der Waals surface area (Å²) in [6.07, 6.45) is 0. The molecule has 1 aliphatic rings. The summed E-state index contributed by atoms with van der Waals surface area (Å²) in [6, 6.07) is 4.99. The SMILES string of the molecule is CN(C)c1ccc(N)cc1C(=O)N1CCOCC1CO. The van der Waals surface area contributed by atoms with Crippen LogP contribution in [-0.2, 0) is 4.74 Å². The number of carbonyl (C=O) groups excluding carboxylic acids is 1. The molecule has 1 saturated heterocycles. The van der Waals surface area contributed by atoms with Gasteiger partial charge in [-0.15, -0.1) is 0 Å². The molecule has 0 radical (unpaired) electrons. The second-order valence-corrected chi connectivity index (χ2v) is 5.08. The molecule has 1 aromatic rings. The number of rotatable bonds is 3. The number of anilines is 2. The molecule has 3 N–H and O–H groups in total. The van der Waals surface area contributed by atoms with Crippen LogP contribution in [0.4, 0.5) is 11.4 Å². The zero-order valence-electron chi connectivity index (χ0n) is 11.9. The molecular weight excluding hydrogens is 258 g/mol. The van der Waals surface area contributed by atoms with Crippen molar-refractivity contribution in [3.05, 3.63) is 23.8 Å². The number of nitrogen functional groups attached to an aromatic ring is 1. The Morgan fingerprint density at radius 2 is 2.30 bits per heavy atom. The second kappa shape index (κ2) is 6.11. The first-order valence-corrected chi connectivity index (χ1v) is 6.61. The lowest BCUT2D eigenvalue weighted by molar-refractivity contribution is -0.0183. The standard InChI is InChI=1S/C14H21N3O3/c1-16(2)13-4-3-10(15)7-12(13)14(19)17-5-6-20-9-11(17)8-18/h3-4,7,11,18H,5-6,8-9,15H2,1-2H3. The van der Waals surface area contributed by atoms with E-state index < -0.39 is 0 Å². The largest absolute Gasteiger partial charge is 0.399 e. The van der Waals surface area contributed by atoms with Crippen LogP contribution >= 0.6 is 0 Å². The fourth-order valence-electron chi connectivity index (χ4n) is 2.34. The van der Waals surface area contributed by atoms with E-state index >= 15 is 0 Å². The van der Waals surface area contributed by atoms with Gasteiger partial charge in [0.15, 0.2) is 0 Å². The molecule has 1 atom stereocenters. The van der Waals surface area contributed by atoms with Crippen LogP contribution in [0, 0.1) is 0 Å². The van der Waals surface area contributed by atoms with Crippen molar-refractivity contribution >= 4 is 17.3 Å². The topological polar surface area (TPSA) is 79.0 Å². The molecule has 0 aliphatic carbocycles. The smallest absolute Gasteiger partial charge is 0.256 e. The number of nitrogens with two attached hydrogens (primary N) is 1. The van der Waals surface area contributed by atoms with Crippen molar-refractivity contribution in [3.63, 3.8) is 0 Å². The summed E-state index contributed by atoms with van der Waals surface area (Å²) < 4.78 is 5.30. The molecule has 0 bridgehead atoms. The van der Waals surface area contributed by atoms with E-state index in [1.807, 2.05) is 25.1 Å². The van der Waals surface area contributed by atoms with Crippen LogP contribution in [0.5, 0.6) is 0 Å². The molecule has 0 spiro atoms. The fraction of sp³-hybridized carbons (Fsp3) is 0.500. The number of nitrogens with zero attached hydrogens (tertiary/aromatic N) is 2. The number of aliphatic hydroxyl groups is 1. The predicted molar refractivity (Wildman–Crippen MR) is 77.9 cm³/mol. The van der Waals surface area contributed by atoms with Crippen molar-refractivity contribution in [1.29, 1.82) is 0 Å². The maximum absolute atomic E-state index is 12.7. The lowest BCUT2D eigenvalue weighted by atomic mass is 10.1. The Morgan fingerprint density at radius 3 is 2.95 bits per heavy atom. The average Bonchev–Trinajstić information content (AvgIpc) is 2.46. The third kappa shape index (κ3) is 2.86. The first kappa shape index (κ1) is 14.6. The van der Waals surface area contributed by atoms with Gasteiger partial charge in [0.2, 0.25) is 0 Å². The molecule has 0 aromatic heterocycles. The maximum Gasteiger partial charge on any atom is 0.256 e. The average molecular weight is 279 g/mol. The summed E-state index contributed by atoms with van der Waals surface area (Å²) in [5.74, 6) is -0.122. The number of carbonyl (C=O) groups is 1. The van der Waals surface area contributed by atoms with E-state index in [2.05, 4.69) is 0 Å². The summed E-state index contributed by atoms with van der Waals surface area (Å²) in [5.41, 5.74) is 7.71. The van der Waals surface area contributed by atoms with Gasteiger partial charge in [-0.1, -0.05) is 0 Å². The van der Waals surface area contributed by atoms with Crippen LogP contribution < -0.4 is 10.6 Å². The molecule has 1 aromatic carbocycles. The van der Waals surface area contributed by atoms with Gasteiger partial charge in [-0.05, 0) is 18.2 Å². The van der Waals surface area contributed by atoms with Gasteiger partial charge in [-0.2, -0.15) is 0 Å². The van der Waals surface area contributed by atoms with Gasteiger partial charge in [0.05, 0.1) is 31.4 Å². The van der Waals surface area contributed by atoms with Gasteiger partial charge in [0.25, 0.3) is 5.91 Å². The molecule has 6 nitrogen and oxygen atoms in total. The number of ether oxygens (including phenoxy) is 1. The number of benzene rings is 1. The quantitative estimate of drug-likeness (QED) is 0.771. The van der Waals surface area contributed by atoms with Crippen molar-refractivity contribution in [2.45, 2.75) is 6.04 Å². The molecule has 1 unspecified atom stereocenters. The first-order valence-electron chi connectivity index (χ1n) is 6.61. The number of hydrogen-bond acceptors (Lipinski definition) is 5. The zero-order valence-corrected chi connectivity index (χ0v) is 11.9. The molecule has 0 saturated carbocycles. The van der Waals surface area contributed by atoms with Crippen molar-refractivity contribution in [1.82, 2.24) is 4.90 Å². The predicted octanol–water partition coefficient (Wildman–Crippen LogP) is 0.168. The van der Waals surface area contributed by atoms with E-state index in [4.69, 9.17) is 10.5 Å². The van der Waals surface area contributed by atoms with Crippen molar-refractivity contribution in [2.75, 3.05) is 51.1 Å². The highest BCUT2D eigenvalue weighted by Gasteiger charge is 2.29. The number of morpholine rings is 1. The monoisotopic (exact) mass is 279 g/mol. The Bertz CT molecular complexity index is 491. The molecule has 2 rings (SSSR count). The van der Waals surface area contributed by atoms with E-state index in [1.165, 1.54) is 0 Å². The van der Waals surface area contributed by atoms with E-state index in [9.17, 15) is 9.90 Å². The van der Waals surface area contributed by atoms with Crippen LogP contribution in [0.25, 0.3) is 0 Å². The number of aliphatic hydroxyl groups excluding tert-OH is 1. The van der Waals surface area contributed by atoms with E-state index in [-0.39, 0.29) is 18.6 Å². The minimum Gasteiger partial charge on any atom is -0.399 e. The Hall–Kier alpha value is -1.79. The molecule has 20 heavy (non-hydrogen) atoms. The minimum atomic E-state index is -0.298. The van der Waals surface area contributed by atoms with Crippen LogP contribution in [0.15, 0.2) is 18.2 Å². The lowest BCUT2D eigenvalue weighted by Gasteiger charge is -2.35. The normalized spacial score (nSPS) is 18.9. The van der Waals surface area contributed by atoms with Crippen molar-refractivity contribution in [2.24, 2.45) is 0 Å². The highest BCUT2D eigenvalue weighted by atomic mass is 16.5. The maximum atomic E-state index is 12.7. The van der Waals surface area contributed by atoms with Gasteiger partial charge in [0, 0.05) is 32.0 Å². The first-order chi connectivity index (χ1) is 9.54. The summed E-state index contributed by atoms with van der Waals surface area (Å²) >= 11 is 0. The van der Waals surface area contributed by atoms with Gasteiger partial charge >= 0.3 is 0 Å². The summed E-state index contributed by atoms with van der Waals surface area (Å²) in [6.45, 7) is 1.22. The van der Waals surface area contributed by atoms with Crippen LogP contribution in [0.1, 0.15) is 10.4 Å². The van der Waals surface area contributed by atoms with Gasteiger partial charge in [-0.3, -0.25) is 4.79 Å². The molecule has 1 heterocycles. The Labute approximate surface area is 118 Å². The van der Waals surface area contributed by atoms with Crippen LogP contribution in [0.3, 0.4) is 0 Å². The molecule has 110 valence electrons. The zero-order chi connectivity index (χ0) is 14.7. The Kier molecular flexibility index (Phi) is 4.46. The highest BCUT2D eigenvalue weighted by Crippen LogP contribution is 2.24. The van der Waals surface area contributed by atoms with Gasteiger partial charge in [-0.25, -0.2) is 0 Å². The molecule has 1 aliphatic heterocycles. The third-order valence-electron chi connectivity index (χ3n) is 3.43. The Morgan fingerprint density at radius 1 is 1.55 bits per heavy atom. The molecule has 6 heteroatoms. The summed E-state index contributed by atoms with van der Waals surface area (Å²) in [5, 5.41) is 9.38. The lowest BCUT2D eigenvalue weighted by Crippen LogP contribution is -2.50. The Balaban J connectivity index is 2.34. The van der Waals surface area contributed by atoms with Crippen LogP contribution in [0.2, 0.25) is 0 Å². The van der Waals surface area contributed by atoms with Gasteiger partial charge in [0.1, 0.15) is 0 Å². The molecule has 1 amide bonds. The van der Waals surface area contributed by atoms with Crippen molar-refractivity contribution in [3.8, 4) is 0 Å². The second-order valence-electron chi connectivity index (χ2n) is 5.08. The fourth-order valence-corrected chi connectivity index (χ4v) is 2.34.